The van der Waals surface area contributed by atoms with Crippen LogP contribution in [0.25, 0.3) is 0 Å². The Bertz CT molecular complexity index is 222. The summed E-state index contributed by atoms with van der Waals surface area (Å²) in [6.45, 7) is 4.09. The zero-order valence-corrected chi connectivity index (χ0v) is 7.67. The van der Waals surface area contributed by atoms with Crippen LogP contribution in [0, 0.1) is 5.41 Å². The van der Waals surface area contributed by atoms with E-state index >= 15 is 0 Å². The summed E-state index contributed by atoms with van der Waals surface area (Å²) >= 11 is 0. The fourth-order valence-electron chi connectivity index (χ4n) is 1.37. The van der Waals surface area contributed by atoms with Gasteiger partial charge in [0.15, 0.2) is 0 Å². The molecule has 1 aliphatic carbocycles. The lowest BCUT2D eigenvalue weighted by Crippen LogP contribution is -2.39. The Morgan fingerprint density at radius 3 is 1.90 bits per heavy atom. The lowest BCUT2D eigenvalue weighted by Gasteiger charge is -2.40. The maximum Gasteiger partial charge on any atom is 0.235 e. The van der Waals surface area contributed by atoms with Crippen LogP contribution >= 0.6 is 10.7 Å². The highest BCUT2D eigenvalue weighted by Gasteiger charge is 2.42. The number of halogens is 1. The van der Waals surface area contributed by atoms with Crippen molar-refractivity contribution in [2.45, 2.75) is 31.9 Å². The fourth-order valence-corrected chi connectivity index (χ4v) is 3.05. The molecule has 0 amide bonds. The molecule has 0 aromatic heterocycles. The normalized spacial score (nSPS) is 25.9. The molecule has 10 heavy (non-hydrogen) atoms. The third-order valence-corrected chi connectivity index (χ3v) is 3.84. The van der Waals surface area contributed by atoms with Gasteiger partial charge < -0.3 is 0 Å². The molecule has 0 saturated heterocycles. The summed E-state index contributed by atoms with van der Waals surface area (Å²) in [5, 5.41) is -0.288. The third kappa shape index (κ3) is 1.64. The summed E-state index contributed by atoms with van der Waals surface area (Å²) in [4.78, 5) is 0. The van der Waals surface area contributed by atoms with Crippen molar-refractivity contribution in [3.63, 3.8) is 0 Å². The van der Waals surface area contributed by atoms with Crippen molar-refractivity contribution in [3.8, 4) is 0 Å². The molecule has 1 fully saturated rings. The summed E-state index contributed by atoms with van der Waals surface area (Å²) in [5.74, 6) is 0. The van der Waals surface area contributed by atoms with Crippen molar-refractivity contribution in [2.75, 3.05) is 0 Å². The molecule has 2 nitrogen and oxygen atoms in total. The van der Waals surface area contributed by atoms with E-state index in [-0.39, 0.29) is 10.7 Å². The molecular formula is C6H11ClO2S. The van der Waals surface area contributed by atoms with Crippen LogP contribution in [0.2, 0.25) is 0 Å². The van der Waals surface area contributed by atoms with Crippen LogP contribution in [0.3, 0.4) is 0 Å². The molecule has 0 spiro atoms. The van der Waals surface area contributed by atoms with Crippen LogP contribution < -0.4 is 0 Å². The van der Waals surface area contributed by atoms with E-state index < -0.39 is 9.05 Å². The van der Waals surface area contributed by atoms with E-state index in [2.05, 4.69) is 0 Å². The quantitative estimate of drug-likeness (QED) is 0.579. The second-order valence-corrected chi connectivity index (χ2v) is 6.58. The molecule has 0 aromatic rings. The van der Waals surface area contributed by atoms with Crippen molar-refractivity contribution in [3.05, 3.63) is 0 Å². The first kappa shape index (κ1) is 8.34. The summed E-state index contributed by atoms with van der Waals surface area (Å²) in [7, 11) is 1.87. The fraction of sp³-hybridized carbons (Fsp3) is 1.00. The summed E-state index contributed by atoms with van der Waals surface area (Å²) in [6, 6.07) is 0. The van der Waals surface area contributed by atoms with Crippen LogP contribution in [0.4, 0.5) is 0 Å². The Kier molecular flexibility index (Phi) is 1.76. The number of hydrogen-bond donors (Lipinski definition) is 0. The summed E-state index contributed by atoms with van der Waals surface area (Å²) < 4.78 is 21.3. The molecule has 1 saturated carbocycles. The molecule has 0 unspecified atom stereocenters. The Morgan fingerprint density at radius 2 is 1.80 bits per heavy atom. The van der Waals surface area contributed by atoms with Gasteiger partial charge in [-0.2, -0.15) is 0 Å². The van der Waals surface area contributed by atoms with E-state index in [4.69, 9.17) is 10.7 Å². The minimum Gasteiger partial charge on any atom is -0.212 e. The molecule has 0 bridgehead atoms. The smallest absolute Gasteiger partial charge is 0.212 e. The molecule has 0 aromatic carbocycles. The van der Waals surface area contributed by atoms with Crippen molar-refractivity contribution >= 4 is 19.7 Å². The molecule has 0 aliphatic heterocycles. The van der Waals surface area contributed by atoms with E-state index in [9.17, 15) is 8.42 Å². The molecule has 0 atom stereocenters. The predicted molar refractivity (Wildman–Crippen MR) is 41.6 cm³/mol. The molecule has 0 heterocycles. The summed E-state index contributed by atoms with van der Waals surface area (Å²) in [5.41, 5.74) is 0.187. The van der Waals surface area contributed by atoms with Gasteiger partial charge in [-0.1, -0.05) is 13.8 Å². The molecule has 60 valence electrons. The van der Waals surface area contributed by atoms with Crippen LogP contribution in [-0.2, 0) is 9.05 Å². The Hall–Kier alpha value is 0.240. The minimum absolute atomic E-state index is 0.187. The van der Waals surface area contributed by atoms with Gasteiger partial charge in [0, 0.05) is 10.7 Å². The van der Waals surface area contributed by atoms with E-state index in [1.807, 2.05) is 13.8 Å². The van der Waals surface area contributed by atoms with Gasteiger partial charge in [0.2, 0.25) is 9.05 Å². The van der Waals surface area contributed by atoms with Gasteiger partial charge in [-0.15, -0.1) is 0 Å². The molecule has 1 rings (SSSR count). The first-order chi connectivity index (χ1) is 4.31. The van der Waals surface area contributed by atoms with E-state index in [1.54, 1.807) is 0 Å². The van der Waals surface area contributed by atoms with Crippen LogP contribution in [0.15, 0.2) is 0 Å². The molecular weight excluding hydrogens is 172 g/mol. The SMILES string of the molecule is CC1(C)CC(S(=O)(=O)Cl)C1. The van der Waals surface area contributed by atoms with E-state index in [1.165, 1.54) is 0 Å². The third-order valence-electron chi connectivity index (χ3n) is 1.96. The average molecular weight is 183 g/mol. The lowest BCUT2D eigenvalue weighted by atomic mass is 9.72. The second-order valence-electron chi connectivity index (χ2n) is 3.67. The highest BCUT2D eigenvalue weighted by molar-refractivity contribution is 8.14. The van der Waals surface area contributed by atoms with Crippen molar-refractivity contribution in [1.29, 1.82) is 0 Å². The molecule has 1 aliphatic rings. The summed E-state index contributed by atoms with van der Waals surface area (Å²) in [6.07, 6.45) is 1.41. The minimum atomic E-state index is -3.26. The lowest BCUT2D eigenvalue weighted by molar-refractivity contribution is 0.195. The van der Waals surface area contributed by atoms with Crippen LogP contribution in [-0.4, -0.2) is 13.7 Å². The second kappa shape index (κ2) is 2.11. The Labute approximate surface area is 66.0 Å². The largest absolute Gasteiger partial charge is 0.235 e. The van der Waals surface area contributed by atoms with Gasteiger partial charge >= 0.3 is 0 Å². The van der Waals surface area contributed by atoms with Gasteiger partial charge in [0.1, 0.15) is 0 Å². The van der Waals surface area contributed by atoms with Gasteiger partial charge in [-0.3, -0.25) is 0 Å². The van der Waals surface area contributed by atoms with Gasteiger partial charge in [0.25, 0.3) is 0 Å². The highest BCUT2D eigenvalue weighted by atomic mass is 35.7. The zero-order chi connectivity index (χ0) is 7.99. The van der Waals surface area contributed by atoms with E-state index in [0.717, 1.165) is 0 Å². The maximum absolute atomic E-state index is 10.7. The number of rotatable bonds is 1. The Balaban J connectivity index is 2.57. The van der Waals surface area contributed by atoms with Gasteiger partial charge in [-0.05, 0) is 18.3 Å². The first-order valence-corrected chi connectivity index (χ1v) is 5.62. The first-order valence-electron chi connectivity index (χ1n) is 3.25. The van der Waals surface area contributed by atoms with Crippen molar-refractivity contribution in [1.82, 2.24) is 0 Å². The van der Waals surface area contributed by atoms with Crippen LogP contribution in [0.1, 0.15) is 26.7 Å². The topological polar surface area (TPSA) is 34.1 Å². The van der Waals surface area contributed by atoms with Gasteiger partial charge in [0.05, 0.1) is 5.25 Å². The monoisotopic (exact) mass is 182 g/mol. The van der Waals surface area contributed by atoms with Gasteiger partial charge in [-0.25, -0.2) is 8.42 Å². The van der Waals surface area contributed by atoms with Crippen molar-refractivity contribution in [2.24, 2.45) is 5.41 Å². The highest BCUT2D eigenvalue weighted by Crippen LogP contribution is 2.44. The standard InChI is InChI=1S/C6H11ClO2S/c1-6(2)3-5(4-6)10(7,8)9/h5H,3-4H2,1-2H3. The molecule has 0 radical (unpaired) electrons. The van der Waals surface area contributed by atoms with Crippen molar-refractivity contribution < 1.29 is 8.42 Å². The molecule has 4 heteroatoms. The predicted octanol–water partition coefficient (Wildman–Crippen LogP) is 1.74. The van der Waals surface area contributed by atoms with E-state index in [0.29, 0.717) is 12.8 Å². The number of hydrogen-bond acceptors (Lipinski definition) is 2. The average Bonchev–Trinajstić information content (AvgIpc) is 1.56. The zero-order valence-electron chi connectivity index (χ0n) is 6.09. The Morgan fingerprint density at radius 1 is 1.40 bits per heavy atom. The maximum atomic E-state index is 10.7. The van der Waals surface area contributed by atoms with Crippen LogP contribution in [0.5, 0.6) is 0 Å². The molecule has 0 N–H and O–H groups in total.